The van der Waals surface area contributed by atoms with Crippen LogP contribution in [0.25, 0.3) is 0 Å². The molecule has 0 spiro atoms. The molecule has 0 unspecified atom stereocenters. The van der Waals surface area contributed by atoms with Crippen molar-refractivity contribution >= 4 is 0 Å². The van der Waals surface area contributed by atoms with Gasteiger partial charge in [-0.25, -0.2) is 8.78 Å². The monoisotopic (exact) mass is 249 g/mol. The zero-order chi connectivity index (χ0) is 13.0. The van der Waals surface area contributed by atoms with Gasteiger partial charge in [0.05, 0.1) is 0 Å². The Bertz CT molecular complexity index is 526. The van der Waals surface area contributed by atoms with Gasteiger partial charge in [0, 0.05) is 12.6 Å². The minimum Gasteiger partial charge on any atom is -0.454 e. The van der Waals surface area contributed by atoms with E-state index in [0.29, 0.717) is 5.75 Å². The Balaban J connectivity index is 2.15. The van der Waals surface area contributed by atoms with E-state index in [2.05, 4.69) is 5.32 Å². The van der Waals surface area contributed by atoms with Crippen molar-refractivity contribution in [3.63, 3.8) is 0 Å². The fourth-order valence-electron chi connectivity index (χ4n) is 1.56. The number of halogens is 2. The molecule has 0 aliphatic rings. The first-order chi connectivity index (χ1) is 8.69. The SMILES string of the molecule is CNCc1ccc(Oc2cc(F)ccc2F)cc1. The lowest BCUT2D eigenvalue weighted by atomic mass is 10.2. The molecule has 0 saturated carbocycles. The minimum absolute atomic E-state index is 0.114. The first-order valence-electron chi connectivity index (χ1n) is 5.55. The van der Waals surface area contributed by atoms with Gasteiger partial charge < -0.3 is 10.1 Å². The Hall–Kier alpha value is -1.94. The number of ether oxygens (including phenoxy) is 1. The van der Waals surface area contributed by atoms with Gasteiger partial charge >= 0.3 is 0 Å². The Morgan fingerprint density at radius 2 is 1.78 bits per heavy atom. The van der Waals surface area contributed by atoms with E-state index in [0.717, 1.165) is 30.3 Å². The van der Waals surface area contributed by atoms with Gasteiger partial charge in [0.25, 0.3) is 0 Å². The van der Waals surface area contributed by atoms with Crippen LogP contribution in [0.2, 0.25) is 0 Å². The highest BCUT2D eigenvalue weighted by molar-refractivity contribution is 5.34. The quantitative estimate of drug-likeness (QED) is 0.895. The molecule has 0 bridgehead atoms. The fourth-order valence-corrected chi connectivity index (χ4v) is 1.56. The third-order valence-corrected chi connectivity index (χ3v) is 2.43. The van der Waals surface area contributed by atoms with Gasteiger partial charge in [-0.05, 0) is 36.9 Å². The van der Waals surface area contributed by atoms with Gasteiger partial charge in [0.2, 0.25) is 0 Å². The molecule has 0 aliphatic carbocycles. The van der Waals surface area contributed by atoms with Gasteiger partial charge in [-0.15, -0.1) is 0 Å². The van der Waals surface area contributed by atoms with Gasteiger partial charge in [-0.2, -0.15) is 0 Å². The van der Waals surface area contributed by atoms with Crippen LogP contribution < -0.4 is 10.1 Å². The molecule has 94 valence electrons. The Morgan fingerprint density at radius 3 is 2.44 bits per heavy atom. The molecule has 2 aromatic rings. The lowest BCUT2D eigenvalue weighted by molar-refractivity contribution is 0.436. The minimum atomic E-state index is -0.587. The van der Waals surface area contributed by atoms with Crippen molar-refractivity contribution in [2.45, 2.75) is 6.54 Å². The molecule has 4 heteroatoms. The average Bonchev–Trinajstić information content (AvgIpc) is 2.37. The Morgan fingerprint density at radius 1 is 1.06 bits per heavy atom. The van der Waals surface area contributed by atoms with Crippen LogP contribution in [0, 0.1) is 11.6 Å². The van der Waals surface area contributed by atoms with Crippen LogP contribution in [0.3, 0.4) is 0 Å². The van der Waals surface area contributed by atoms with Crippen LogP contribution in [-0.2, 0) is 6.54 Å². The van der Waals surface area contributed by atoms with Crippen LogP contribution in [0.1, 0.15) is 5.56 Å². The molecule has 0 saturated heterocycles. The number of nitrogens with one attached hydrogen (secondary N) is 1. The predicted octanol–water partition coefficient (Wildman–Crippen LogP) is 3.48. The predicted molar refractivity (Wildman–Crippen MR) is 65.6 cm³/mol. The molecular formula is C14H13F2NO. The molecule has 2 rings (SSSR count). The smallest absolute Gasteiger partial charge is 0.165 e. The molecule has 0 aliphatic heterocycles. The van der Waals surface area contributed by atoms with Crippen molar-refractivity contribution in [2.75, 3.05) is 7.05 Å². The zero-order valence-corrected chi connectivity index (χ0v) is 9.91. The summed E-state index contributed by atoms with van der Waals surface area (Å²) in [5.74, 6) is -0.760. The molecular weight excluding hydrogens is 236 g/mol. The van der Waals surface area contributed by atoms with Gasteiger partial charge in [-0.1, -0.05) is 12.1 Å². The van der Waals surface area contributed by atoms with E-state index in [1.807, 2.05) is 19.2 Å². The van der Waals surface area contributed by atoms with Crippen LogP contribution >= 0.6 is 0 Å². The molecule has 0 fully saturated rings. The van der Waals surface area contributed by atoms with Crippen molar-refractivity contribution in [3.8, 4) is 11.5 Å². The summed E-state index contributed by atoms with van der Waals surface area (Å²) in [6.07, 6.45) is 0. The molecule has 2 nitrogen and oxygen atoms in total. The second kappa shape index (κ2) is 5.60. The average molecular weight is 249 g/mol. The molecule has 18 heavy (non-hydrogen) atoms. The topological polar surface area (TPSA) is 21.3 Å². The largest absolute Gasteiger partial charge is 0.454 e. The van der Waals surface area contributed by atoms with Crippen LogP contribution in [0.15, 0.2) is 42.5 Å². The van der Waals surface area contributed by atoms with Crippen molar-refractivity contribution in [1.82, 2.24) is 5.32 Å². The van der Waals surface area contributed by atoms with E-state index in [-0.39, 0.29) is 5.75 Å². The van der Waals surface area contributed by atoms with E-state index in [1.165, 1.54) is 0 Å². The van der Waals surface area contributed by atoms with Crippen LogP contribution in [0.4, 0.5) is 8.78 Å². The number of hydrogen-bond donors (Lipinski definition) is 1. The summed E-state index contributed by atoms with van der Waals surface area (Å²) in [6.45, 7) is 0.745. The van der Waals surface area contributed by atoms with E-state index in [4.69, 9.17) is 4.74 Å². The number of benzene rings is 2. The first-order valence-corrected chi connectivity index (χ1v) is 5.55. The summed E-state index contributed by atoms with van der Waals surface area (Å²) in [5.41, 5.74) is 1.09. The fraction of sp³-hybridized carbons (Fsp3) is 0.143. The summed E-state index contributed by atoms with van der Waals surface area (Å²) in [6, 6.07) is 10.3. The third kappa shape index (κ3) is 3.05. The highest BCUT2D eigenvalue weighted by Crippen LogP contribution is 2.25. The highest BCUT2D eigenvalue weighted by atomic mass is 19.1. The summed E-state index contributed by atoms with van der Waals surface area (Å²) >= 11 is 0. The van der Waals surface area contributed by atoms with Gasteiger partial charge in [0.1, 0.15) is 11.6 Å². The molecule has 0 heterocycles. The molecule has 0 amide bonds. The maximum atomic E-state index is 13.4. The van der Waals surface area contributed by atoms with Gasteiger partial charge in [0.15, 0.2) is 11.6 Å². The van der Waals surface area contributed by atoms with Crippen LogP contribution in [-0.4, -0.2) is 7.05 Å². The van der Waals surface area contributed by atoms with Crippen molar-refractivity contribution in [1.29, 1.82) is 0 Å². The Kier molecular flexibility index (Phi) is 3.89. The lowest BCUT2D eigenvalue weighted by Gasteiger charge is -2.07. The first kappa shape index (κ1) is 12.5. The molecule has 2 aromatic carbocycles. The second-order valence-electron chi connectivity index (χ2n) is 3.85. The summed E-state index contributed by atoms with van der Waals surface area (Å²) < 4.78 is 31.6. The molecule has 0 radical (unpaired) electrons. The second-order valence-corrected chi connectivity index (χ2v) is 3.85. The standard InChI is InChI=1S/C14H13F2NO/c1-17-9-10-2-5-12(6-3-10)18-14-8-11(15)4-7-13(14)16/h2-8,17H,9H2,1H3. The molecule has 0 aromatic heterocycles. The van der Waals surface area contributed by atoms with Gasteiger partial charge in [-0.3, -0.25) is 0 Å². The Labute approximate surface area is 104 Å². The van der Waals surface area contributed by atoms with E-state index in [1.54, 1.807) is 12.1 Å². The highest BCUT2D eigenvalue weighted by Gasteiger charge is 2.06. The van der Waals surface area contributed by atoms with Crippen molar-refractivity contribution in [3.05, 3.63) is 59.7 Å². The van der Waals surface area contributed by atoms with E-state index >= 15 is 0 Å². The number of rotatable bonds is 4. The van der Waals surface area contributed by atoms with Crippen LogP contribution in [0.5, 0.6) is 11.5 Å². The van der Waals surface area contributed by atoms with E-state index in [9.17, 15) is 8.78 Å². The summed E-state index contributed by atoms with van der Waals surface area (Å²) in [4.78, 5) is 0. The molecule has 0 atom stereocenters. The summed E-state index contributed by atoms with van der Waals surface area (Å²) in [5, 5.41) is 3.02. The summed E-state index contributed by atoms with van der Waals surface area (Å²) in [7, 11) is 1.85. The van der Waals surface area contributed by atoms with E-state index < -0.39 is 11.6 Å². The number of hydrogen-bond acceptors (Lipinski definition) is 2. The lowest BCUT2D eigenvalue weighted by Crippen LogP contribution is -2.04. The van der Waals surface area contributed by atoms with Crippen molar-refractivity contribution in [2.24, 2.45) is 0 Å². The third-order valence-electron chi connectivity index (χ3n) is 2.43. The normalized spacial score (nSPS) is 10.4. The zero-order valence-electron chi connectivity index (χ0n) is 9.91. The molecule has 1 N–H and O–H groups in total. The maximum Gasteiger partial charge on any atom is 0.165 e. The van der Waals surface area contributed by atoms with Crippen molar-refractivity contribution < 1.29 is 13.5 Å². The maximum absolute atomic E-state index is 13.4.